The van der Waals surface area contributed by atoms with Crippen molar-refractivity contribution in [2.45, 2.75) is 52.1 Å². The Labute approximate surface area is 142 Å². The molecule has 2 aliphatic rings. The Morgan fingerprint density at radius 3 is 2.17 bits per heavy atom. The molecule has 0 bridgehead atoms. The molecule has 0 radical (unpaired) electrons. The molecule has 24 heavy (non-hydrogen) atoms. The summed E-state index contributed by atoms with van der Waals surface area (Å²) in [6.45, 7) is 6.52. The molecule has 0 aromatic heterocycles. The maximum absolute atomic E-state index is 13.2. The molecule has 2 heterocycles. The van der Waals surface area contributed by atoms with Crippen molar-refractivity contribution in [3.05, 3.63) is 35.4 Å². The van der Waals surface area contributed by atoms with Gasteiger partial charge in [0.2, 0.25) is 5.91 Å². The van der Waals surface area contributed by atoms with Gasteiger partial charge in [0.25, 0.3) is 11.8 Å². The minimum Gasteiger partial charge on any atom is -0.338 e. The standard InChI is InChI=1S/C19H24N2O3/c1-12(2)16(19(24)20-11-7-6-8-13(20)3)21-17(22)14-9-4-5-10-15(14)18(21)23/h4-5,9-10,12-13,16H,6-8,11H2,1-3H3. The number of carbonyl (C=O) groups is 3. The fraction of sp³-hybridized carbons (Fsp3) is 0.526. The van der Waals surface area contributed by atoms with Gasteiger partial charge in [-0.3, -0.25) is 19.3 Å². The van der Waals surface area contributed by atoms with Crippen LogP contribution in [0.3, 0.4) is 0 Å². The van der Waals surface area contributed by atoms with Gasteiger partial charge >= 0.3 is 0 Å². The molecule has 2 unspecified atom stereocenters. The second-order valence-corrected chi connectivity index (χ2v) is 7.09. The highest BCUT2D eigenvalue weighted by atomic mass is 16.2. The van der Waals surface area contributed by atoms with Gasteiger partial charge in [-0.15, -0.1) is 0 Å². The third kappa shape index (κ3) is 2.62. The summed E-state index contributed by atoms with van der Waals surface area (Å²) in [4.78, 5) is 41.7. The molecule has 3 rings (SSSR count). The summed E-state index contributed by atoms with van der Waals surface area (Å²) in [5.41, 5.74) is 0.792. The zero-order valence-corrected chi connectivity index (χ0v) is 14.5. The number of rotatable bonds is 3. The van der Waals surface area contributed by atoms with Crippen molar-refractivity contribution >= 4 is 17.7 Å². The molecule has 0 spiro atoms. The number of imide groups is 1. The maximum Gasteiger partial charge on any atom is 0.262 e. The van der Waals surface area contributed by atoms with Crippen LogP contribution < -0.4 is 0 Å². The maximum atomic E-state index is 13.2. The predicted molar refractivity (Wildman–Crippen MR) is 90.6 cm³/mol. The van der Waals surface area contributed by atoms with Crippen molar-refractivity contribution in [3.8, 4) is 0 Å². The molecule has 1 aromatic carbocycles. The lowest BCUT2D eigenvalue weighted by molar-refractivity contribution is -0.140. The normalized spacial score (nSPS) is 22.1. The van der Waals surface area contributed by atoms with Gasteiger partial charge in [-0.05, 0) is 44.2 Å². The number of piperidine rings is 1. The van der Waals surface area contributed by atoms with Gasteiger partial charge in [-0.1, -0.05) is 26.0 Å². The van der Waals surface area contributed by atoms with E-state index >= 15 is 0 Å². The van der Waals surface area contributed by atoms with Crippen LogP contribution in [0.5, 0.6) is 0 Å². The minimum atomic E-state index is -0.738. The average Bonchev–Trinajstić information content (AvgIpc) is 2.81. The average molecular weight is 328 g/mol. The van der Waals surface area contributed by atoms with E-state index < -0.39 is 6.04 Å². The van der Waals surface area contributed by atoms with Crippen LogP contribution in [0.1, 0.15) is 60.7 Å². The number of hydrogen-bond donors (Lipinski definition) is 0. The van der Waals surface area contributed by atoms with Gasteiger partial charge < -0.3 is 4.90 Å². The lowest BCUT2D eigenvalue weighted by Crippen LogP contribution is -2.56. The first kappa shape index (κ1) is 16.7. The molecular formula is C19H24N2O3. The van der Waals surface area contributed by atoms with Crippen LogP contribution in [0.2, 0.25) is 0 Å². The van der Waals surface area contributed by atoms with E-state index in [1.165, 1.54) is 4.90 Å². The van der Waals surface area contributed by atoms with Crippen molar-refractivity contribution in [1.29, 1.82) is 0 Å². The Morgan fingerprint density at radius 1 is 1.08 bits per heavy atom. The summed E-state index contributed by atoms with van der Waals surface area (Å²) in [6.07, 6.45) is 3.06. The molecule has 2 atom stereocenters. The third-order valence-electron chi connectivity index (χ3n) is 5.07. The lowest BCUT2D eigenvalue weighted by atomic mass is 9.97. The quantitative estimate of drug-likeness (QED) is 0.802. The summed E-state index contributed by atoms with van der Waals surface area (Å²) >= 11 is 0. The molecule has 5 nitrogen and oxygen atoms in total. The first-order valence-corrected chi connectivity index (χ1v) is 8.71. The van der Waals surface area contributed by atoms with Crippen molar-refractivity contribution in [2.75, 3.05) is 6.54 Å². The third-order valence-corrected chi connectivity index (χ3v) is 5.07. The zero-order chi connectivity index (χ0) is 17.4. The van der Waals surface area contributed by atoms with Crippen LogP contribution in [0.15, 0.2) is 24.3 Å². The monoisotopic (exact) mass is 328 g/mol. The molecule has 0 aliphatic carbocycles. The Hall–Kier alpha value is -2.17. The highest BCUT2D eigenvalue weighted by Crippen LogP contribution is 2.29. The van der Waals surface area contributed by atoms with Crippen molar-refractivity contribution in [3.63, 3.8) is 0 Å². The van der Waals surface area contributed by atoms with E-state index in [1.54, 1.807) is 24.3 Å². The van der Waals surface area contributed by atoms with Gasteiger partial charge in [0.05, 0.1) is 11.1 Å². The van der Waals surface area contributed by atoms with E-state index in [-0.39, 0.29) is 29.7 Å². The smallest absolute Gasteiger partial charge is 0.262 e. The number of carbonyl (C=O) groups excluding carboxylic acids is 3. The number of fused-ring (bicyclic) bond motifs is 1. The summed E-state index contributed by atoms with van der Waals surface area (Å²) < 4.78 is 0. The van der Waals surface area contributed by atoms with Gasteiger partial charge in [0.15, 0.2) is 0 Å². The van der Waals surface area contributed by atoms with Crippen LogP contribution in [0.4, 0.5) is 0 Å². The van der Waals surface area contributed by atoms with E-state index in [2.05, 4.69) is 0 Å². The van der Waals surface area contributed by atoms with E-state index in [0.717, 1.165) is 19.3 Å². The number of likely N-dealkylation sites (tertiary alicyclic amines) is 1. The Bertz CT molecular complexity index is 648. The Balaban J connectivity index is 1.94. The summed E-state index contributed by atoms with van der Waals surface area (Å²) in [7, 11) is 0. The number of benzene rings is 1. The molecule has 0 saturated carbocycles. The molecule has 2 aliphatic heterocycles. The molecule has 0 N–H and O–H groups in total. The topological polar surface area (TPSA) is 57.7 Å². The zero-order valence-electron chi connectivity index (χ0n) is 14.5. The van der Waals surface area contributed by atoms with E-state index in [4.69, 9.17) is 0 Å². The predicted octanol–water partition coefficient (Wildman–Crippen LogP) is 2.71. The van der Waals surface area contributed by atoms with Crippen molar-refractivity contribution in [2.24, 2.45) is 5.92 Å². The lowest BCUT2D eigenvalue weighted by Gasteiger charge is -2.39. The number of amides is 3. The molecular weight excluding hydrogens is 304 g/mol. The molecule has 1 saturated heterocycles. The summed E-state index contributed by atoms with van der Waals surface area (Å²) in [5, 5.41) is 0. The molecule has 5 heteroatoms. The van der Waals surface area contributed by atoms with Crippen LogP contribution in [-0.4, -0.2) is 46.1 Å². The fourth-order valence-electron chi connectivity index (χ4n) is 3.75. The fourth-order valence-corrected chi connectivity index (χ4v) is 3.75. The van der Waals surface area contributed by atoms with Gasteiger partial charge in [-0.2, -0.15) is 0 Å². The highest BCUT2D eigenvalue weighted by molar-refractivity contribution is 6.22. The van der Waals surface area contributed by atoms with Crippen molar-refractivity contribution < 1.29 is 14.4 Å². The Kier molecular flexibility index (Phi) is 4.43. The summed E-state index contributed by atoms with van der Waals surface area (Å²) in [6, 6.07) is 6.21. The van der Waals surface area contributed by atoms with Crippen molar-refractivity contribution in [1.82, 2.24) is 9.80 Å². The van der Waals surface area contributed by atoms with Gasteiger partial charge in [0, 0.05) is 12.6 Å². The van der Waals surface area contributed by atoms with E-state index in [9.17, 15) is 14.4 Å². The number of hydrogen-bond acceptors (Lipinski definition) is 3. The van der Waals surface area contributed by atoms with E-state index in [1.807, 2.05) is 25.7 Å². The molecule has 3 amide bonds. The van der Waals surface area contributed by atoms with Gasteiger partial charge in [0.1, 0.15) is 6.04 Å². The highest BCUT2D eigenvalue weighted by Gasteiger charge is 2.45. The number of nitrogens with zero attached hydrogens (tertiary/aromatic N) is 2. The first-order chi connectivity index (χ1) is 11.4. The molecule has 128 valence electrons. The van der Waals surface area contributed by atoms with Gasteiger partial charge in [-0.25, -0.2) is 0 Å². The molecule has 1 fully saturated rings. The van der Waals surface area contributed by atoms with Crippen LogP contribution in [-0.2, 0) is 4.79 Å². The van der Waals surface area contributed by atoms with Crippen LogP contribution >= 0.6 is 0 Å². The minimum absolute atomic E-state index is 0.105. The second-order valence-electron chi connectivity index (χ2n) is 7.09. The van der Waals surface area contributed by atoms with Crippen LogP contribution in [0, 0.1) is 5.92 Å². The SMILES string of the molecule is CC(C)C(C(=O)N1CCCCC1C)N1C(=O)c2ccccc2C1=O. The Morgan fingerprint density at radius 2 is 1.67 bits per heavy atom. The summed E-state index contributed by atoms with van der Waals surface area (Å²) in [5.74, 6) is -0.944. The van der Waals surface area contributed by atoms with E-state index in [0.29, 0.717) is 17.7 Å². The molecule has 1 aromatic rings. The second kappa shape index (κ2) is 6.38. The van der Waals surface area contributed by atoms with Crippen LogP contribution in [0.25, 0.3) is 0 Å². The largest absolute Gasteiger partial charge is 0.338 e. The first-order valence-electron chi connectivity index (χ1n) is 8.71.